The molecule has 0 saturated heterocycles. The van der Waals surface area contributed by atoms with Crippen molar-refractivity contribution in [2.75, 3.05) is 6.54 Å². The lowest BCUT2D eigenvalue weighted by Gasteiger charge is -2.38. The maximum absolute atomic E-state index is 13.5. The number of benzene rings is 2. The van der Waals surface area contributed by atoms with Gasteiger partial charge in [0.15, 0.2) is 5.78 Å². The number of sulfonamides is 1. The van der Waals surface area contributed by atoms with Crippen molar-refractivity contribution in [3.05, 3.63) is 103 Å². The third-order valence-corrected chi connectivity index (χ3v) is 7.82. The standard InChI is InChI=1S/C25H25NO3S/c1-3-17-26(30(28,29)21-13-9-18(2)10-14-21)23-16-12-19-11-15-22(23)24(19)25(27)20-7-5-4-6-8-20/h3-16,19,22-24H,1,17H2,2H3/t19-,22+,23-,24?/m0/s1. The van der Waals surface area contributed by atoms with Crippen LogP contribution < -0.4 is 0 Å². The van der Waals surface area contributed by atoms with Crippen LogP contribution in [-0.4, -0.2) is 31.1 Å². The molecule has 0 saturated carbocycles. The van der Waals surface area contributed by atoms with E-state index in [4.69, 9.17) is 0 Å². The van der Waals surface area contributed by atoms with E-state index in [1.807, 2.05) is 61.6 Å². The predicted molar refractivity (Wildman–Crippen MR) is 119 cm³/mol. The number of Topliss-reactive ketones (excluding diaryl/α,β-unsaturated/α-hetero) is 1. The Kier molecular flexibility index (Phi) is 5.58. The van der Waals surface area contributed by atoms with Gasteiger partial charge in [-0.05, 0) is 19.1 Å². The summed E-state index contributed by atoms with van der Waals surface area (Å²) in [6.45, 7) is 5.86. The Hall–Kier alpha value is -2.76. The summed E-state index contributed by atoms with van der Waals surface area (Å²) in [5.74, 6) is -0.473. The molecule has 0 N–H and O–H groups in total. The van der Waals surface area contributed by atoms with Gasteiger partial charge in [-0.3, -0.25) is 4.79 Å². The number of carbonyl (C=O) groups is 1. The number of ketones is 1. The van der Waals surface area contributed by atoms with Gasteiger partial charge in [0.2, 0.25) is 10.0 Å². The lowest BCUT2D eigenvalue weighted by molar-refractivity contribution is 0.0844. The summed E-state index contributed by atoms with van der Waals surface area (Å²) in [5.41, 5.74) is 1.66. The molecule has 154 valence electrons. The summed E-state index contributed by atoms with van der Waals surface area (Å²) in [4.78, 5) is 13.5. The van der Waals surface area contributed by atoms with Crippen LogP contribution in [-0.2, 0) is 10.0 Å². The highest BCUT2D eigenvalue weighted by Gasteiger charge is 2.46. The zero-order valence-corrected chi connectivity index (χ0v) is 17.7. The van der Waals surface area contributed by atoms with Crippen molar-refractivity contribution in [2.45, 2.75) is 17.9 Å². The van der Waals surface area contributed by atoms with Crippen LogP contribution in [0, 0.1) is 24.7 Å². The van der Waals surface area contributed by atoms with Gasteiger partial charge in [-0.2, -0.15) is 4.31 Å². The molecule has 2 aromatic carbocycles. The van der Waals surface area contributed by atoms with Crippen LogP contribution in [0.15, 0.2) is 96.5 Å². The van der Waals surface area contributed by atoms with Crippen molar-refractivity contribution >= 4 is 15.8 Å². The molecule has 2 bridgehead atoms. The van der Waals surface area contributed by atoms with Crippen molar-refractivity contribution in [1.82, 2.24) is 4.31 Å². The van der Waals surface area contributed by atoms with E-state index in [9.17, 15) is 13.2 Å². The van der Waals surface area contributed by atoms with E-state index >= 15 is 0 Å². The molecule has 30 heavy (non-hydrogen) atoms. The largest absolute Gasteiger partial charge is 0.294 e. The Morgan fingerprint density at radius 3 is 2.33 bits per heavy atom. The van der Waals surface area contributed by atoms with Crippen LogP contribution in [0.4, 0.5) is 0 Å². The number of aryl methyl sites for hydroxylation is 1. The summed E-state index contributed by atoms with van der Waals surface area (Å²) >= 11 is 0. The van der Waals surface area contributed by atoms with E-state index in [0.29, 0.717) is 5.56 Å². The fraction of sp³-hybridized carbons (Fsp3) is 0.240. The fourth-order valence-electron chi connectivity index (χ4n) is 4.42. The van der Waals surface area contributed by atoms with E-state index in [1.54, 1.807) is 30.3 Å². The SMILES string of the molecule is C=CCN([C@H]1C=C[C@@H]2C=C[C@H]1C2C(=O)c1ccccc1)S(=O)(=O)c1ccc(C)cc1. The van der Waals surface area contributed by atoms with Crippen LogP contribution in [0.2, 0.25) is 0 Å². The summed E-state index contributed by atoms with van der Waals surface area (Å²) in [6.07, 6.45) is 9.52. The molecule has 2 aliphatic rings. The fourth-order valence-corrected chi connectivity index (χ4v) is 6.00. The number of fused-ring (bicyclic) bond motifs is 2. The molecule has 1 unspecified atom stereocenters. The number of carbonyl (C=O) groups excluding carboxylic acids is 1. The first kappa shape index (κ1) is 20.5. The van der Waals surface area contributed by atoms with Crippen molar-refractivity contribution in [3.63, 3.8) is 0 Å². The van der Waals surface area contributed by atoms with Gasteiger partial charge < -0.3 is 0 Å². The van der Waals surface area contributed by atoms with Gasteiger partial charge in [0, 0.05) is 29.9 Å². The molecule has 0 radical (unpaired) electrons. The van der Waals surface area contributed by atoms with Gasteiger partial charge in [0.05, 0.1) is 10.9 Å². The summed E-state index contributed by atoms with van der Waals surface area (Å²) in [5, 5.41) is 0. The molecule has 0 fully saturated rings. The van der Waals surface area contributed by atoms with Gasteiger partial charge >= 0.3 is 0 Å². The monoisotopic (exact) mass is 419 g/mol. The Morgan fingerprint density at radius 2 is 1.67 bits per heavy atom. The minimum absolute atomic E-state index is 0.00776. The third kappa shape index (κ3) is 3.59. The van der Waals surface area contributed by atoms with Gasteiger partial charge in [0.25, 0.3) is 0 Å². The molecular formula is C25H25NO3S. The quantitative estimate of drug-likeness (QED) is 0.493. The molecule has 0 aromatic heterocycles. The second-order valence-corrected chi connectivity index (χ2v) is 9.74. The number of hydrogen-bond acceptors (Lipinski definition) is 3. The van der Waals surface area contributed by atoms with Crippen LogP contribution in [0.3, 0.4) is 0 Å². The average molecular weight is 420 g/mol. The molecule has 4 nitrogen and oxygen atoms in total. The minimum Gasteiger partial charge on any atom is -0.294 e. The summed E-state index contributed by atoms with van der Waals surface area (Å²) < 4.78 is 28.4. The predicted octanol–water partition coefficient (Wildman–Crippen LogP) is 4.41. The van der Waals surface area contributed by atoms with Crippen molar-refractivity contribution < 1.29 is 13.2 Å². The topological polar surface area (TPSA) is 54.5 Å². The zero-order chi connectivity index (χ0) is 21.3. The van der Waals surface area contributed by atoms with Crippen molar-refractivity contribution in [1.29, 1.82) is 0 Å². The smallest absolute Gasteiger partial charge is 0.243 e. The average Bonchev–Trinajstić information content (AvgIpc) is 3.06. The van der Waals surface area contributed by atoms with E-state index in [0.717, 1.165) is 5.56 Å². The zero-order valence-electron chi connectivity index (χ0n) is 16.9. The molecule has 4 rings (SSSR count). The lowest BCUT2D eigenvalue weighted by atomic mass is 9.75. The van der Waals surface area contributed by atoms with E-state index in [-0.39, 0.29) is 35.0 Å². The molecule has 0 heterocycles. The highest BCUT2D eigenvalue weighted by molar-refractivity contribution is 7.89. The third-order valence-electron chi connectivity index (χ3n) is 5.94. The molecular weight excluding hydrogens is 394 g/mol. The highest BCUT2D eigenvalue weighted by Crippen LogP contribution is 2.43. The first-order valence-electron chi connectivity index (χ1n) is 10.1. The second kappa shape index (κ2) is 8.17. The van der Waals surface area contributed by atoms with Gasteiger partial charge in [-0.1, -0.05) is 78.4 Å². The molecule has 5 heteroatoms. The Balaban J connectivity index is 1.70. The Bertz CT molecular complexity index is 1100. The van der Waals surface area contributed by atoms with Gasteiger partial charge in [-0.25, -0.2) is 8.42 Å². The van der Waals surface area contributed by atoms with Crippen LogP contribution in [0.1, 0.15) is 15.9 Å². The van der Waals surface area contributed by atoms with Crippen molar-refractivity contribution in [2.24, 2.45) is 17.8 Å². The number of hydrogen-bond donors (Lipinski definition) is 0. The molecule has 2 aromatic rings. The molecule has 0 spiro atoms. The minimum atomic E-state index is -3.75. The van der Waals surface area contributed by atoms with Gasteiger partial charge in [0.1, 0.15) is 0 Å². The normalized spacial score (nSPS) is 24.9. The summed E-state index contributed by atoms with van der Waals surface area (Å²) in [6, 6.07) is 15.6. The van der Waals surface area contributed by atoms with Crippen molar-refractivity contribution in [3.8, 4) is 0 Å². The second-order valence-electron chi connectivity index (χ2n) is 7.85. The first-order valence-corrected chi connectivity index (χ1v) is 11.5. The molecule has 0 aliphatic heterocycles. The maximum Gasteiger partial charge on any atom is 0.243 e. The van der Waals surface area contributed by atoms with Crippen LogP contribution >= 0.6 is 0 Å². The number of allylic oxidation sites excluding steroid dienone is 2. The Labute approximate surface area is 178 Å². The number of nitrogens with zero attached hydrogens (tertiary/aromatic N) is 1. The molecule has 4 atom stereocenters. The van der Waals surface area contributed by atoms with Gasteiger partial charge in [-0.15, -0.1) is 6.58 Å². The van der Waals surface area contributed by atoms with E-state index in [1.165, 1.54) is 4.31 Å². The van der Waals surface area contributed by atoms with E-state index in [2.05, 4.69) is 6.58 Å². The lowest BCUT2D eigenvalue weighted by Crippen LogP contribution is -2.47. The molecule has 2 aliphatic carbocycles. The number of rotatable bonds is 7. The van der Waals surface area contributed by atoms with E-state index < -0.39 is 16.1 Å². The summed E-state index contributed by atoms with van der Waals surface area (Å²) in [7, 11) is -3.75. The van der Waals surface area contributed by atoms with Crippen LogP contribution in [0.25, 0.3) is 0 Å². The maximum atomic E-state index is 13.5. The Morgan fingerprint density at radius 1 is 1.00 bits per heavy atom. The first-order chi connectivity index (χ1) is 14.4. The molecule has 0 amide bonds. The highest BCUT2D eigenvalue weighted by atomic mass is 32.2. The van der Waals surface area contributed by atoms with Crippen LogP contribution in [0.5, 0.6) is 0 Å².